The van der Waals surface area contributed by atoms with E-state index in [0.717, 1.165) is 6.42 Å². The highest BCUT2D eigenvalue weighted by Gasteiger charge is 1.99. The third kappa shape index (κ3) is 6.39. The Morgan fingerprint density at radius 1 is 1.60 bits per heavy atom. The predicted octanol–water partition coefficient (Wildman–Crippen LogP) is 1.10. The summed E-state index contributed by atoms with van der Waals surface area (Å²) in [6.07, 6.45) is 4.39. The summed E-state index contributed by atoms with van der Waals surface area (Å²) < 4.78 is 4.90. The fraction of sp³-hybridized carbons (Fsp3) is 1.00. The maximum atomic E-state index is 5.69. The monoisotopic (exact) mass is 163 g/mol. The summed E-state index contributed by atoms with van der Waals surface area (Å²) >= 11 is 1.87. The molecular weight excluding hydrogens is 146 g/mol. The molecule has 0 saturated heterocycles. The fourth-order valence-electron chi connectivity index (χ4n) is 0.787. The summed E-state index contributed by atoms with van der Waals surface area (Å²) in [5, 5.41) is 0. The van der Waals surface area contributed by atoms with Gasteiger partial charge in [-0.2, -0.15) is 11.8 Å². The van der Waals surface area contributed by atoms with E-state index < -0.39 is 0 Å². The highest BCUT2D eigenvalue weighted by molar-refractivity contribution is 7.98. The molecule has 0 radical (unpaired) electrons. The summed E-state index contributed by atoms with van der Waals surface area (Å²) in [4.78, 5) is 0. The standard InChI is InChI=1S/C7H17NOS/c1-9-6-7(8)4-3-5-10-2/h7H,3-6,8H2,1-2H3. The molecule has 1 unspecified atom stereocenters. The van der Waals surface area contributed by atoms with Gasteiger partial charge in [0.25, 0.3) is 0 Å². The Morgan fingerprint density at radius 3 is 2.80 bits per heavy atom. The Balaban J connectivity index is 2.97. The zero-order valence-electron chi connectivity index (χ0n) is 6.80. The van der Waals surface area contributed by atoms with Gasteiger partial charge in [-0.3, -0.25) is 0 Å². The first kappa shape index (κ1) is 10.3. The van der Waals surface area contributed by atoms with E-state index in [0.29, 0.717) is 6.61 Å². The van der Waals surface area contributed by atoms with Gasteiger partial charge in [-0.25, -0.2) is 0 Å². The highest BCUT2D eigenvalue weighted by atomic mass is 32.2. The molecule has 0 rings (SSSR count). The van der Waals surface area contributed by atoms with Crippen molar-refractivity contribution < 1.29 is 4.74 Å². The maximum absolute atomic E-state index is 5.69. The smallest absolute Gasteiger partial charge is 0.0613 e. The second kappa shape index (κ2) is 7.38. The quantitative estimate of drug-likeness (QED) is 0.596. The molecule has 0 bridgehead atoms. The molecule has 62 valence electrons. The second-order valence-corrected chi connectivity index (χ2v) is 3.34. The Morgan fingerprint density at radius 2 is 2.30 bits per heavy atom. The van der Waals surface area contributed by atoms with E-state index in [2.05, 4.69) is 6.26 Å². The van der Waals surface area contributed by atoms with Gasteiger partial charge >= 0.3 is 0 Å². The van der Waals surface area contributed by atoms with E-state index in [-0.39, 0.29) is 6.04 Å². The van der Waals surface area contributed by atoms with Gasteiger partial charge in [0, 0.05) is 13.2 Å². The average Bonchev–Trinajstić information content (AvgIpc) is 1.89. The van der Waals surface area contributed by atoms with Crippen LogP contribution in [0.5, 0.6) is 0 Å². The van der Waals surface area contributed by atoms with Gasteiger partial charge in [0.05, 0.1) is 6.61 Å². The molecule has 0 heterocycles. The Labute approximate surface area is 67.5 Å². The molecule has 2 nitrogen and oxygen atoms in total. The Kier molecular flexibility index (Phi) is 7.58. The van der Waals surface area contributed by atoms with Crippen molar-refractivity contribution in [2.24, 2.45) is 5.73 Å². The number of methoxy groups -OCH3 is 1. The molecule has 0 amide bonds. The van der Waals surface area contributed by atoms with Crippen molar-refractivity contribution >= 4 is 11.8 Å². The third-order valence-corrected chi connectivity index (χ3v) is 2.00. The number of hydrogen-bond acceptors (Lipinski definition) is 3. The van der Waals surface area contributed by atoms with Crippen LogP contribution in [0.25, 0.3) is 0 Å². The van der Waals surface area contributed by atoms with Crippen molar-refractivity contribution in [1.82, 2.24) is 0 Å². The van der Waals surface area contributed by atoms with Crippen LogP contribution in [0, 0.1) is 0 Å². The van der Waals surface area contributed by atoms with Crippen LogP contribution in [0.2, 0.25) is 0 Å². The summed E-state index contributed by atoms with van der Waals surface area (Å²) in [5.41, 5.74) is 5.69. The van der Waals surface area contributed by atoms with Crippen molar-refractivity contribution in [2.45, 2.75) is 18.9 Å². The molecule has 0 saturated carbocycles. The van der Waals surface area contributed by atoms with E-state index in [1.54, 1.807) is 7.11 Å². The lowest BCUT2D eigenvalue weighted by Crippen LogP contribution is -2.25. The van der Waals surface area contributed by atoms with Crippen molar-refractivity contribution in [3.05, 3.63) is 0 Å². The summed E-state index contributed by atoms with van der Waals surface area (Å²) in [6, 6.07) is 0.233. The minimum absolute atomic E-state index is 0.233. The van der Waals surface area contributed by atoms with Gasteiger partial charge in [-0.15, -0.1) is 0 Å². The second-order valence-electron chi connectivity index (χ2n) is 2.35. The fourth-order valence-corrected chi connectivity index (χ4v) is 1.24. The van der Waals surface area contributed by atoms with Gasteiger partial charge in [-0.1, -0.05) is 0 Å². The van der Waals surface area contributed by atoms with Crippen LogP contribution < -0.4 is 5.73 Å². The number of thioether (sulfide) groups is 1. The molecular formula is C7H17NOS. The molecule has 2 N–H and O–H groups in total. The van der Waals surface area contributed by atoms with Crippen LogP contribution >= 0.6 is 11.8 Å². The largest absolute Gasteiger partial charge is 0.383 e. The van der Waals surface area contributed by atoms with E-state index in [1.807, 2.05) is 11.8 Å². The van der Waals surface area contributed by atoms with Crippen LogP contribution in [-0.2, 0) is 4.74 Å². The van der Waals surface area contributed by atoms with Crippen molar-refractivity contribution in [1.29, 1.82) is 0 Å². The molecule has 10 heavy (non-hydrogen) atoms. The minimum atomic E-state index is 0.233. The molecule has 0 aliphatic carbocycles. The lowest BCUT2D eigenvalue weighted by molar-refractivity contribution is 0.177. The molecule has 0 aromatic rings. The van der Waals surface area contributed by atoms with Gasteiger partial charge < -0.3 is 10.5 Å². The first-order valence-electron chi connectivity index (χ1n) is 3.54. The maximum Gasteiger partial charge on any atom is 0.0613 e. The minimum Gasteiger partial charge on any atom is -0.383 e. The van der Waals surface area contributed by atoms with E-state index in [4.69, 9.17) is 10.5 Å². The van der Waals surface area contributed by atoms with Gasteiger partial charge in [0.2, 0.25) is 0 Å². The summed E-state index contributed by atoms with van der Waals surface area (Å²) in [5.74, 6) is 1.21. The molecule has 0 fully saturated rings. The van der Waals surface area contributed by atoms with Gasteiger partial charge in [0.1, 0.15) is 0 Å². The topological polar surface area (TPSA) is 35.2 Å². The van der Waals surface area contributed by atoms with Crippen LogP contribution in [0.15, 0.2) is 0 Å². The third-order valence-electron chi connectivity index (χ3n) is 1.30. The normalized spacial score (nSPS) is 13.5. The molecule has 0 aromatic carbocycles. The number of hydrogen-bond donors (Lipinski definition) is 1. The zero-order valence-corrected chi connectivity index (χ0v) is 7.62. The highest BCUT2D eigenvalue weighted by Crippen LogP contribution is 2.01. The SMILES string of the molecule is COCC(N)CCCSC. The van der Waals surface area contributed by atoms with Gasteiger partial charge in [0.15, 0.2) is 0 Å². The first-order chi connectivity index (χ1) is 4.81. The molecule has 0 aromatic heterocycles. The number of nitrogens with two attached hydrogens (primary N) is 1. The Bertz CT molecular complexity index is 70.6. The van der Waals surface area contributed by atoms with Crippen LogP contribution in [0.3, 0.4) is 0 Å². The molecule has 0 aliphatic heterocycles. The average molecular weight is 163 g/mol. The molecule has 0 aliphatic rings. The van der Waals surface area contributed by atoms with E-state index in [9.17, 15) is 0 Å². The lowest BCUT2D eigenvalue weighted by atomic mass is 10.2. The van der Waals surface area contributed by atoms with Crippen molar-refractivity contribution in [3.8, 4) is 0 Å². The zero-order chi connectivity index (χ0) is 7.82. The van der Waals surface area contributed by atoms with Crippen LogP contribution in [0.4, 0.5) is 0 Å². The van der Waals surface area contributed by atoms with Crippen LogP contribution in [-0.4, -0.2) is 31.8 Å². The summed E-state index contributed by atoms with van der Waals surface area (Å²) in [6.45, 7) is 0.689. The van der Waals surface area contributed by atoms with Gasteiger partial charge in [-0.05, 0) is 24.9 Å². The first-order valence-corrected chi connectivity index (χ1v) is 4.94. The van der Waals surface area contributed by atoms with Crippen LogP contribution in [0.1, 0.15) is 12.8 Å². The summed E-state index contributed by atoms with van der Waals surface area (Å²) in [7, 11) is 1.69. The lowest BCUT2D eigenvalue weighted by Gasteiger charge is -2.08. The Hall–Kier alpha value is 0.270. The molecule has 0 spiro atoms. The van der Waals surface area contributed by atoms with E-state index >= 15 is 0 Å². The van der Waals surface area contributed by atoms with Crippen molar-refractivity contribution in [3.63, 3.8) is 0 Å². The number of rotatable bonds is 6. The molecule has 3 heteroatoms. The number of ether oxygens (including phenoxy) is 1. The predicted molar refractivity (Wildman–Crippen MR) is 47.5 cm³/mol. The molecule has 1 atom stereocenters. The van der Waals surface area contributed by atoms with E-state index in [1.165, 1.54) is 12.2 Å². The van der Waals surface area contributed by atoms with Crippen molar-refractivity contribution in [2.75, 3.05) is 25.7 Å².